The van der Waals surface area contributed by atoms with Crippen LogP contribution in [0.2, 0.25) is 5.02 Å². The first-order valence-corrected chi connectivity index (χ1v) is 12.6. The van der Waals surface area contributed by atoms with E-state index in [1.165, 1.54) is 24.8 Å². The van der Waals surface area contributed by atoms with Crippen molar-refractivity contribution >= 4 is 36.9 Å². The average Bonchev–Trinajstić information content (AvgIpc) is 2.98. The van der Waals surface area contributed by atoms with E-state index in [2.05, 4.69) is 34.3 Å². The SMILES string of the molecule is CN1[C@H]2CC[C@@H]1[C@@H](CN(CC[S-])CC[N-]CC[S-])[C@@H](c1ccc(Cl)cc1)C2.[O]=[99Tc+3]. The van der Waals surface area contributed by atoms with E-state index in [0.29, 0.717) is 17.9 Å². The summed E-state index contributed by atoms with van der Waals surface area (Å²) >= 11 is 17.4. The normalized spacial score (nSPS) is 26.3. The van der Waals surface area contributed by atoms with Crippen LogP contribution in [-0.4, -0.2) is 73.2 Å². The number of benzene rings is 1. The first-order chi connectivity index (χ1) is 14.1. The quantitative estimate of drug-likeness (QED) is 0.336. The van der Waals surface area contributed by atoms with Crippen LogP contribution in [0, 0.1) is 5.92 Å². The zero-order valence-electron chi connectivity index (χ0n) is 17.0. The Bertz CT molecular complexity index is 598. The fourth-order valence-electron chi connectivity index (χ4n) is 5.03. The minimum absolute atomic E-state index is 0.605. The zero-order chi connectivity index (χ0) is 21.2. The van der Waals surface area contributed by atoms with E-state index in [-0.39, 0.29) is 0 Å². The van der Waals surface area contributed by atoms with Gasteiger partial charge in [0, 0.05) is 23.7 Å². The molecule has 0 N–H and O–H groups in total. The van der Waals surface area contributed by atoms with Crippen molar-refractivity contribution in [3.05, 3.63) is 40.2 Å². The summed E-state index contributed by atoms with van der Waals surface area (Å²) in [7, 11) is 2.32. The second-order valence-corrected chi connectivity index (χ2v) is 9.15. The Hall–Kier alpha value is 0.539. The molecule has 3 rings (SSSR count). The Morgan fingerprint density at radius 2 is 1.86 bits per heavy atom. The second-order valence-electron chi connectivity index (χ2n) is 7.90. The van der Waals surface area contributed by atoms with Crippen molar-refractivity contribution in [2.45, 2.75) is 37.3 Å². The van der Waals surface area contributed by atoms with Crippen LogP contribution >= 0.6 is 11.6 Å². The molecule has 2 aliphatic heterocycles. The van der Waals surface area contributed by atoms with Crippen molar-refractivity contribution < 1.29 is 22.4 Å². The van der Waals surface area contributed by atoms with Gasteiger partial charge < -0.3 is 40.4 Å². The van der Waals surface area contributed by atoms with E-state index in [0.717, 1.165) is 74.1 Å². The molecule has 4 atom stereocenters. The predicted octanol–water partition coefficient (Wildman–Crippen LogP) is 3.55. The molecule has 0 spiro atoms. The molecule has 4 nitrogen and oxygen atoms in total. The summed E-state index contributed by atoms with van der Waals surface area (Å²) in [4.78, 5) is 5.19. The number of hydrogen-bond acceptors (Lipinski definition) is 5. The minimum atomic E-state index is 0.605. The van der Waals surface area contributed by atoms with Crippen molar-refractivity contribution in [1.82, 2.24) is 9.80 Å². The molecule has 2 heterocycles. The molecule has 2 saturated heterocycles. The molecular weight excluding hydrogens is 509 g/mol. The van der Waals surface area contributed by atoms with E-state index in [9.17, 15) is 0 Å². The van der Waals surface area contributed by atoms with Crippen LogP contribution in [0.15, 0.2) is 24.3 Å². The number of hydrogen-bond donors (Lipinski definition) is 0. The molecule has 0 unspecified atom stereocenters. The van der Waals surface area contributed by atoms with E-state index < -0.39 is 0 Å². The number of halogens is 1. The molecule has 0 amide bonds. The Labute approximate surface area is 202 Å². The summed E-state index contributed by atoms with van der Waals surface area (Å²) in [5.41, 5.74) is 1.45. The van der Waals surface area contributed by atoms with Gasteiger partial charge in [-0.05, 0) is 68.9 Å². The summed E-state index contributed by atoms with van der Waals surface area (Å²) in [6.45, 7) is 4.74. The van der Waals surface area contributed by atoms with Gasteiger partial charge in [0.15, 0.2) is 0 Å². The van der Waals surface area contributed by atoms with Crippen LogP contribution in [0.4, 0.5) is 0 Å². The first kappa shape index (κ1) is 25.8. The standard InChI is InChI=1S/C21H33ClN3S2.O.Tc/c1-24-18-6-7-21(24)20(15-25(11-13-27)10-8-23-9-12-26)19(14-18)16-2-4-17(22)5-3-16;;/h2-5,18-21,26-27H,6-15H2,1H3;;/q-1;;+3/p-2/t18-,19+,20-,21+;;/m0../s1/i;;1+1. The van der Waals surface area contributed by atoms with Gasteiger partial charge in [-0.25, -0.2) is 0 Å². The van der Waals surface area contributed by atoms with Crippen molar-refractivity contribution in [3.8, 4) is 0 Å². The van der Waals surface area contributed by atoms with E-state index in [1.807, 2.05) is 12.1 Å². The number of rotatable bonds is 10. The molecule has 2 aliphatic rings. The molecule has 2 bridgehead atoms. The van der Waals surface area contributed by atoms with Gasteiger partial charge in [-0.2, -0.15) is 18.1 Å². The van der Waals surface area contributed by atoms with Crippen LogP contribution in [0.3, 0.4) is 0 Å². The van der Waals surface area contributed by atoms with Gasteiger partial charge in [0.1, 0.15) is 0 Å². The molecular formula is C21H31ClN3OS2Tc. The zero-order valence-corrected chi connectivity index (χ0v) is 21.3. The Morgan fingerprint density at radius 3 is 2.52 bits per heavy atom. The monoisotopic (exact) mass is 539 g/mol. The molecule has 2 fully saturated rings. The third-order valence-electron chi connectivity index (χ3n) is 6.43. The van der Waals surface area contributed by atoms with E-state index >= 15 is 0 Å². The van der Waals surface area contributed by atoms with Crippen LogP contribution in [0.1, 0.15) is 30.7 Å². The number of piperidine rings is 1. The maximum atomic E-state index is 8.22. The predicted molar refractivity (Wildman–Crippen MR) is 122 cm³/mol. The average molecular weight is 540 g/mol. The number of nitrogens with zero attached hydrogens (tertiary/aromatic N) is 3. The van der Waals surface area contributed by atoms with Crippen LogP contribution in [-0.2, 0) is 47.6 Å². The van der Waals surface area contributed by atoms with E-state index in [4.69, 9.17) is 40.4 Å². The molecule has 0 aliphatic carbocycles. The molecule has 8 heteroatoms. The molecule has 1 aromatic carbocycles. The van der Waals surface area contributed by atoms with Crippen molar-refractivity contribution in [2.75, 3.05) is 51.3 Å². The number of fused-ring (bicyclic) bond motifs is 2. The Kier molecular flexibility index (Phi) is 12.3. The summed E-state index contributed by atoms with van der Waals surface area (Å²) in [6, 6.07) is 9.96. The van der Waals surface area contributed by atoms with Crippen molar-refractivity contribution in [3.63, 3.8) is 0 Å². The van der Waals surface area contributed by atoms with Crippen LogP contribution < -0.4 is 0 Å². The van der Waals surface area contributed by atoms with Gasteiger partial charge >= 0.3 is 22.4 Å². The maximum absolute atomic E-state index is 8.22. The summed E-state index contributed by atoms with van der Waals surface area (Å²) in [5.74, 6) is 2.74. The van der Waals surface area contributed by atoms with Gasteiger partial charge in [0.25, 0.3) is 0 Å². The topological polar surface area (TPSA) is 37.7 Å². The molecule has 162 valence electrons. The molecule has 29 heavy (non-hydrogen) atoms. The third kappa shape index (κ3) is 7.28. The van der Waals surface area contributed by atoms with E-state index in [1.54, 1.807) is 0 Å². The molecule has 0 saturated carbocycles. The fraction of sp³-hybridized carbons (Fsp3) is 0.714. The first-order valence-electron chi connectivity index (χ1n) is 10.3. The fourth-order valence-corrected chi connectivity index (χ4v) is 5.54. The molecule has 0 radical (unpaired) electrons. The van der Waals surface area contributed by atoms with Gasteiger partial charge in [-0.15, -0.1) is 6.54 Å². The van der Waals surface area contributed by atoms with Crippen LogP contribution in [0.25, 0.3) is 5.32 Å². The van der Waals surface area contributed by atoms with Gasteiger partial charge in [-0.3, -0.25) is 0 Å². The summed E-state index contributed by atoms with van der Waals surface area (Å²) < 4.78 is 8.22. The molecule has 1 aromatic rings. The second kappa shape index (κ2) is 13.8. The summed E-state index contributed by atoms with van der Waals surface area (Å²) in [5, 5.41) is 5.37. The van der Waals surface area contributed by atoms with Gasteiger partial charge in [-0.1, -0.05) is 23.7 Å². The van der Waals surface area contributed by atoms with Gasteiger partial charge in [0.2, 0.25) is 0 Å². The third-order valence-corrected chi connectivity index (χ3v) is 7.05. The van der Waals surface area contributed by atoms with Crippen LogP contribution in [0.5, 0.6) is 0 Å². The van der Waals surface area contributed by atoms with Crippen molar-refractivity contribution in [1.29, 1.82) is 0 Å². The Morgan fingerprint density at radius 1 is 1.14 bits per heavy atom. The Balaban J connectivity index is 0.00000145. The van der Waals surface area contributed by atoms with Gasteiger partial charge in [0.05, 0.1) is 0 Å². The molecule has 0 aromatic heterocycles. The summed E-state index contributed by atoms with van der Waals surface area (Å²) in [6.07, 6.45) is 3.90. The van der Waals surface area contributed by atoms with Crippen molar-refractivity contribution in [2.24, 2.45) is 5.92 Å².